The zero-order valence-electron chi connectivity index (χ0n) is 14.9. The lowest BCUT2D eigenvalue weighted by atomic mass is 10.1. The summed E-state index contributed by atoms with van der Waals surface area (Å²) in [6.45, 7) is 0. The number of hydrogen-bond acceptors (Lipinski definition) is 6. The molecule has 0 bridgehead atoms. The van der Waals surface area contributed by atoms with E-state index < -0.39 is 16.7 Å². The third kappa shape index (κ3) is 4.78. The van der Waals surface area contributed by atoms with Crippen molar-refractivity contribution in [2.75, 3.05) is 5.32 Å². The van der Waals surface area contributed by atoms with Gasteiger partial charge in [0.1, 0.15) is 10.0 Å². The van der Waals surface area contributed by atoms with E-state index in [-0.39, 0.29) is 15.8 Å². The van der Waals surface area contributed by atoms with Crippen LogP contribution in [0.1, 0.15) is 32.8 Å². The molecule has 8 nitrogen and oxygen atoms in total. The Hall–Kier alpha value is -2.82. The number of anilines is 1. The molecule has 0 atom stereocenters. The minimum Gasteiger partial charge on any atom is -0.365 e. The SMILES string of the molecule is NC(=O)c1c(NC(=S)NC(=O)/C=C/c2ccc(Cl)c([N+](=O)[O-])c2)sc2c1CCC2. The van der Waals surface area contributed by atoms with Crippen molar-refractivity contribution >= 4 is 68.8 Å². The smallest absolute Gasteiger partial charge is 0.288 e. The number of nitro benzene ring substituents is 1. The Morgan fingerprint density at radius 3 is 2.79 bits per heavy atom. The van der Waals surface area contributed by atoms with E-state index in [1.807, 2.05) is 0 Å². The van der Waals surface area contributed by atoms with Crippen molar-refractivity contribution in [2.24, 2.45) is 5.73 Å². The number of amides is 2. The second-order valence-corrected chi connectivity index (χ2v) is 8.09. The van der Waals surface area contributed by atoms with Crippen molar-refractivity contribution in [3.8, 4) is 0 Å². The van der Waals surface area contributed by atoms with Gasteiger partial charge in [0.15, 0.2) is 5.11 Å². The largest absolute Gasteiger partial charge is 0.365 e. The highest BCUT2D eigenvalue weighted by atomic mass is 35.5. The molecule has 4 N–H and O–H groups in total. The van der Waals surface area contributed by atoms with Gasteiger partial charge in [0.25, 0.3) is 11.6 Å². The van der Waals surface area contributed by atoms with Crippen LogP contribution in [0.4, 0.5) is 10.7 Å². The van der Waals surface area contributed by atoms with Gasteiger partial charge in [-0.25, -0.2) is 0 Å². The summed E-state index contributed by atoms with van der Waals surface area (Å²) in [5, 5.41) is 16.8. The fraction of sp³-hybridized carbons (Fsp3) is 0.167. The van der Waals surface area contributed by atoms with Crippen molar-refractivity contribution in [2.45, 2.75) is 19.3 Å². The minimum atomic E-state index is -0.604. The highest BCUT2D eigenvalue weighted by molar-refractivity contribution is 7.80. The lowest BCUT2D eigenvalue weighted by Gasteiger charge is -2.08. The predicted molar refractivity (Wildman–Crippen MR) is 116 cm³/mol. The van der Waals surface area contributed by atoms with Crippen LogP contribution in [-0.4, -0.2) is 21.9 Å². The molecule has 0 spiro atoms. The summed E-state index contributed by atoms with van der Waals surface area (Å²) < 4.78 is 0. The van der Waals surface area contributed by atoms with Crippen LogP contribution in [-0.2, 0) is 17.6 Å². The maximum atomic E-state index is 12.1. The molecule has 3 rings (SSSR count). The monoisotopic (exact) mass is 450 g/mol. The van der Waals surface area contributed by atoms with E-state index in [2.05, 4.69) is 10.6 Å². The third-order valence-electron chi connectivity index (χ3n) is 4.23. The van der Waals surface area contributed by atoms with Gasteiger partial charge in [0.2, 0.25) is 5.91 Å². The maximum Gasteiger partial charge on any atom is 0.288 e. The molecule has 0 aliphatic heterocycles. The average Bonchev–Trinajstić information content (AvgIpc) is 3.20. The van der Waals surface area contributed by atoms with Crippen LogP contribution in [0.3, 0.4) is 0 Å². The number of benzene rings is 1. The molecule has 1 heterocycles. The molecule has 11 heteroatoms. The fourth-order valence-electron chi connectivity index (χ4n) is 2.99. The quantitative estimate of drug-likeness (QED) is 0.277. The van der Waals surface area contributed by atoms with Gasteiger partial charge in [0, 0.05) is 17.0 Å². The predicted octanol–water partition coefficient (Wildman–Crippen LogP) is 3.42. The molecule has 0 saturated heterocycles. The van der Waals surface area contributed by atoms with Crippen molar-refractivity contribution in [1.29, 1.82) is 0 Å². The lowest BCUT2D eigenvalue weighted by Crippen LogP contribution is -2.33. The van der Waals surface area contributed by atoms with Gasteiger partial charge in [0.05, 0.1) is 10.5 Å². The Bertz CT molecular complexity index is 1060. The van der Waals surface area contributed by atoms with E-state index in [9.17, 15) is 19.7 Å². The van der Waals surface area contributed by atoms with Crippen LogP contribution in [0.25, 0.3) is 6.08 Å². The fourth-order valence-corrected chi connectivity index (χ4v) is 4.74. The van der Waals surface area contributed by atoms with E-state index in [4.69, 9.17) is 29.6 Å². The molecule has 2 amide bonds. The van der Waals surface area contributed by atoms with Crippen molar-refractivity contribution in [1.82, 2.24) is 5.32 Å². The Labute approximate surface area is 179 Å². The van der Waals surface area contributed by atoms with Gasteiger partial charge in [-0.1, -0.05) is 17.7 Å². The Morgan fingerprint density at radius 2 is 2.10 bits per heavy atom. The topological polar surface area (TPSA) is 127 Å². The maximum absolute atomic E-state index is 12.1. The molecule has 2 aromatic rings. The van der Waals surface area contributed by atoms with Crippen molar-refractivity contribution < 1.29 is 14.5 Å². The molecule has 1 aromatic heterocycles. The average molecular weight is 451 g/mol. The Balaban J connectivity index is 1.65. The normalized spacial score (nSPS) is 12.6. The molecule has 0 unspecified atom stereocenters. The zero-order chi connectivity index (χ0) is 21.1. The minimum absolute atomic E-state index is 0.00933. The molecule has 1 aliphatic rings. The molecule has 0 saturated carbocycles. The number of nitrogens with two attached hydrogens (primary N) is 1. The number of fused-ring (bicyclic) bond motifs is 1. The van der Waals surface area contributed by atoms with Crippen LogP contribution in [0.5, 0.6) is 0 Å². The number of carbonyl (C=O) groups excluding carboxylic acids is 2. The number of rotatable bonds is 5. The van der Waals surface area contributed by atoms with Crippen LogP contribution in [0.15, 0.2) is 24.3 Å². The molecule has 1 aromatic carbocycles. The second-order valence-electron chi connectivity index (χ2n) is 6.17. The number of carbonyl (C=O) groups is 2. The first kappa shape index (κ1) is 20.9. The van der Waals surface area contributed by atoms with Crippen molar-refractivity contribution in [3.63, 3.8) is 0 Å². The molecular formula is C18H15ClN4O4S2. The van der Waals surface area contributed by atoms with Gasteiger partial charge in [-0.2, -0.15) is 0 Å². The van der Waals surface area contributed by atoms with Crippen LogP contribution >= 0.6 is 35.2 Å². The van der Waals surface area contributed by atoms with E-state index in [1.54, 1.807) is 6.07 Å². The second kappa shape index (κ2) is 8.68. The van der Waals surface area contributed by atoms with Gasteiger partial charge in [-0.15, -0.1) is 11.3 Å². The summed E-state index contributed by atoms with van der Waals surface area (Å²) in [6.07, 6.45) is 5.24. The first-order chi connectivity index (χ1) is 13.8. The summed E-state index contributed by atoms with van der Waals surface area (Å²) in [5.74, 6) is -1.07. The van der Waals surface area contributed by atoms with Crippen LogP contribution < -0.4 is 16.4 Å². The first-order valence-electron chi connectivity index (χ1n) is 8.44. The highest BCUT2D eigenvalue weighted by Gasteiger charge is 2.25. The summed E-state index contributed by atoms with van der Waals surface area (Å²) in [5.41, 5.74) is 7.04. The molecule has 0 fully saturated rings. The number of halogens is 1. The van der Waals surface area contributed by atoms with Gasteiger partial charge in [-0.3, -0.25) is 25.0 Å². The van der Waals surface area contributed by atoms with E-state index in [1.165, 1.54) is 35.6 Å². The number of thiophene rings is 1. The van der Waals surface area contributed by atoms with Gasteiger partial charge < -0.3 is 11.1 Å². The molecule has 150 valence electrons. The number of thiocarbonyl (C=S) groups is 1. The van der Waals surface area contributed by atoms with Crippen LogP contribution in [0, 0.1) is 10.1 Å². The van der Waals surface area contributed by atoms with E-state index in [0.717, 1.165) is 29.7 Å². The standard InChI is InChI=1S/C18H15ClN4O4S2/c19-11-6-4-9(8-12(11)23(26)27)5-7-14(24)21-18(28)22-17-15(16(20)25)10-2-1-3-13(10)29-17/h4-8H,1-3H2,(H2,20,25)(H2,21,22,24,28)/b7-5+. The number of hydrogen-bond donors (Lipinski definition) is 3. The number of nitrogens with one attached hydrogen (secondary N) is 2. The van der Waals surface area contributed by atoms with E-state index in [0.29, 0.717) is 16.1 Å². The molecule has 0 radical (unpaired) electrons. The highest BCUT2D eigenvalue weighted by Crippen LogP contribution is 2.38. The summed E-state index contributed by atoms with van der Waals surface area (Å²) in [7, 11) is 0. The first-order valence-corrected chi connectivity index (χ1v) is 10.0. The van der Waals surface area contributed by atoms with Crippen molar-refractivity contribution in [3.05, 3.63) is 61.0 Å². The summed E-state index contributed by atoms with van der Waals surface area (Å²) in [4.78, 5) is 35.3. The summed E-state index contributed by atoms with van der Waals surface area (Å²) in [6, 6.07) is 4.18. The number of primary amides is 1. The molecule has 1 aliphatic carbocycles. The van der Waals surface area contributed by atoms with Gasteiger partial charge in [-0.05, 0) is 54.7 Å². The number of nitrogens with zero attached hydrogens (tertiary/aromatic N) is 1. The molecular weight excluding hydrogens is 436 g/mol. The third-order valence-corrected chi connectivity index (χ3v) is 5.96. The Kier molecular flexibility index (Phi) is 6.26. The Morgan fingerprint density at radius 1 is 1.34 bits per heavy atom. The van der Waals surface area contributed by atoms with E-state index >= 15 is 0 Å². The zero-order valence-corrected chi connectivity index (χ0v) is 17.2. The van der Waals surface area contributed by atoms with Crippen LogP contribution in [0.2, 0.25) is 5.02 Å². The van der Waals surface area contributed by atoms with Gasteiger partial charge >= 0.3 is 0 Å². The summed E-state index contributed by atoms with van der Waals surface area (Å²) >= 11 is 12.3. The number of aryl methyl sites for hydroxylation is 1. The lowest BCUT2D eigenvalue weighted by molar-refractivity contribution is -0.384. The number of nitro groups is 1. The molecule has 29 heavy (non-hydrogen) atoms.